The highest BCUT2D eigenvalue weighted by Gasteiger charge is 2.31. The molecule has 2 fully saturated rings. The van der Waals surface area contributed by atoms with E-state index in [0.29, 0.717) is 5.95 Å². The van der Waals surface area contributed by atoms with Gasteiger partial charge in [-0.3, -0.25) is 0 Å². The first-order chi connectivity index (χ1) is 15.0. The Morgan fingerprint density at radius 2 is 1.71 bits per heavy atom. The Morgan fingerprint density at radius 1 is 0.968 bits per heavy atom. The molecule has 0 saturated carbocycles. The van der Waals surface area contributed by atoms with Gasteiger partial charge in [0.25, 0.3) is 0 Å². The van der Waals surface area contributed by atoms with Crippen molar-refractivity contribution in [2.24, 2.45) is 11.8 Å². The van der Waals surface area contributed by atoms with E-state index in [0.717, 1.165) is 55.5 Å². The number of piperidine rings is 1. The maximum absolute atomic E-state index is 13.5. The summed E-state index contributed by atoms with van der Waals surface area (Å²) < 4.78 is 33.7. The summed E-state index contributed by atoms with van der Waals surface area (Å²) in [5.41, 5.74) is 3.48. The normalized spacial score (nSPS) is 17.6. The number of rotatable bonds is 5. The lowest BCUT2D eigenvalue weighted by Gasteiger charge is -2.40. The van der Waals surface area contributed by atoms with Crippen LogP contribution in [0.25, 0.3) is 5.69 Å². The maximum Gasteiger partial charge on any atom is 0.246 e. The van der Waals surface area contributed by atoms with Gasteiger partial charge < -0.3 is 15.0 Å². The zero-order chi connectivity index (χ0) is 21.4. The molecule has 31 heavy (non-hydrogen) atoms. The lowest BCUT2D eigenvalue weighted by molar-refractivity contribution is -0.0650. The third-order valence-electron chi connectivity index (χ3n) is 6.16. The van der Waals surface area contributed by atoms with Gasteiger partial charge in [-0.1, -0.05) is 0 Å². The van der Waals surface area contributed by atoms with E-state index in [9.17, 15) is 8.78 Å². The number of nitrogens with zero attached hydrogens (tertiary/aromatic N) is 4. The molecule has 164 valence electrons. The summed E-state index contributed by atoms with van der Waals surface area (Å²) in [5.74, 6) is 0.566. The first-order valence-corrected chi connectivity index (χ1v) is 10.6. The van der Waals surface area contributed by atoms with Crippen LogP contribution in [-0.4, -0.2) is 41.1 Å². The predicted molar refractivity (Wildman–Crippen MR) is 117 cm³/mol. The van der Waals surface area contributed by atoms with Crippen molar-refractivity contribution in [2.45, 2.75) is 19.8 Å². The van der Waals surface area contributed by atoms with Gasteiger partial charge in [0.1, 0.15) is 18.0 Å². The molecule has 8 heteroatoms. The van der Waals surface area contributed by atoms with E-state index in [-0.39, 0.29) is 7.11 Å². The number of benzene rings is 2. The SMILES string of the molecule is Cc1cc(Nc2ncn(-c3cc(F)cc(F)c3)n2)cc(N2CCC(C3COC3)CC2)c1.[HH]. The van der Waals surface area contributed by atoms with Crippen LogP contribution in [0.5, 0.6) is 0 Å². The van der Waals surface area contributed by atoms with Gasteiger partial charge in [0.05, 0.1) is 18.9 Å². The van der Waals surface area contributed by atoms with Crippen LogP contribution in [0.1, 0.15) is 19.8 Å². The smallest absolute Gasteiger partial charge is 0.246 e. The summed E-state index contributed by atoms with van der Waals surface area (Å²) in [4.78, 5) is 6.66. The van der Waals surface area contributed by atoms with Crippen molar-refractivity contribution in [3.63, 3.8) is 0 Å². The highest BCUT2D eigenvalue weighted by Crippen LogP contribution is 2.33. The molecule has 2 aromatic carbocycles. The van der Waals surface area contributed by atoms with Crippen LogP contribution >= 0.6 is 0 Å². The zero-order valence-corrected chi connectivity index (χ0v) is 17.4. The van der Waals surface area contributed by atoms with Gasteiger partial charge in [0.15, 0.2) is 0 Å². The predicted octanol–water partition coefficient (Wildman–Crippen LogP) is 4.71. The molecule has 0 bridgehead atoms. The zero-order valence-electron chi connectivity index (χ0n) is 17.4. The minimum atomic E-state index is -0.656. The molecule has 0 atom stereocenters. The van der Waals surface area contributed by atoms with Crippen molar-refractivity contribution in [2.75, 3.05) is 36.5 Å². The van der Waals surface area contributed by atoms with Crippen LogP contribution < -0.4 is 10.2 Å². The number of nitrogens with one attached hydrogen (secondary N) is 1. The third kappa shape index (κ3) is 4.39. The van der Waals surface area contributed by atoms with Gasteiger partial charge in [0.2, 0.25) is 5.95 Å². The van der Waals surface area contributed by atoms with E-state index < -0.39 is 11.6 Å². The van der Waals surface area contributed by atoms with Gasteiger partial charge in [-0.25, -0.2) is 13.5 Å². The van der Waals surface area contributed by atoms with Crippen LogP contribution in [0.4, 0.5) is 26.1 Å². The lowest BCUT2D eigenvalue weighted by Crippen LogP contribution is -2.42. The molecule has 0 radical (unpaired) electrons. The molecule has 5 rings (SSSR count). The standard InChI is InChI=1S/C23H25F2N5O.H2/c1-15-6-20(11-21(7-15)29-4-2-16(3-5-29)17-12-31-13-17)27-23-26-14-30(28-23)22-9-18(24)8-19(25)10-22;/h6-11,14,16-17H,2-5,12-13H2,1H3,(H,27,28);1H. The van der Waals surface area contributed by atoms with Gasteiger partial charge in [-0.15, -0.1) is 5.10 Å². The lowest BCUT2D eigenvalue weighted by atomic mass is 9.83. The quantitative estimate of drug-likeness (QED) is 0.639. The number of hydrogen-bond donors (Lipinski definition) is 1. The van der Waals surface area contributed by atoms with Crippen molar-refractivity contribution >= 4 is 17.3 Å². The van der Waals surface area contributed by atoms with E-state index in [1.54, 1.807) is 0 Å². The van der Waals surface area contributed by atoms with E-state index >= 15 is 0 Å². The number of halogens is 2. The van der Waals surface area contributed by atoms with E-state index in [1.165, 1.54) is 41.7 Å². The van der Waals surface area contributed by atoms with Crippen molar-refractivity contribution in [3.8, 4) is 5.69 Å². The minimum Gasteiger partial charge on any atom is -0.381 e. The first-order valence-electron chi connectivity index (χ1n) is 10.6. The van der Waals surface area contributed by atoms with Crippen LogP contribution in [0.3, 0.4) is 0 Å². The van der Waals surface area contributed by atoms with Crippen molar-refractivity contribution < 1.29 is 14.9 Å². The largest absolute Gasteiger partial charge is 0.381 e. The Morgan fingerprint density at radius 3 is 2.39 bits per heavy atom. The Bertz CT molecular complexity index is 1060. The van der Waals surface area contributed by atoms with E-state index in [1.807, 2.05) is 6.07 Å². The molecule has 0 spiro atoms. The van der Waals surface area contributed by atoms with Gasteiger partial charge >= 0.3 is 0 Å². The van der Waals surface area contributed by atoms with Gasteiger partial charge in [0, 0.05) is 37.9 Å². The highest BCUT2D eigenvalue weighted by molar-refractivity contribution is 5.64. The first kappa shape index (κ1) is 19.9. The molecule has 1 N–H and O–H groups in total. The summed E-state index contributed by atoms with van der Waals surface area (Å²) in [6.45, 7) is 6.00. The summed E-state index contributed by atoms with van der Waals surface area (Å²) in [6, 6.07) is 9.58. The van der Waals surface area contributed by atoms with Crippen LogP contribution in [0.15, 0.2) is 42.7 Å². The summed E-state index contributed by atoms with van der Waals surface area (Å²) in [6.07, 6.45) is 3.82. The fraction of sp³-hybridized carbons (Fsp3) is 0.391. The van der Waals surface area contributed by atoms with E-state index in [4.69, 9.17) is 4.74 Å². The van der Waals surface area contributed by atoms with Crippen molar-refractivity contribution in [1.82, 2.24) is 14.8 Å². The molecule has 1 aromatic heterocycles. The molecule has 0 aliphatic carbocycles. The molecule has 2 saturated heterocycles. The number of ether oxygens (including phenoxy) is 1. The van der Waals surface area contributed by atoms with E-state index in [2.05, 4.69) is 39.4 Å². The highest BCUT2D eigenvalue weighted by atomic mass is 19.1. The average molecular weight is 427 g/mol. The maximum atomic E-state index is 13.5. The van der Waals surface area contributed by atoms with Crippen molar-refractivity contribution in [1.29, 1.82) is 0 Å². The topological polar surface area (TPSA) is 55.2 Å². The fourth-order valence-corrected chi connectivity index (χ4v) is 4.42. The Balaban J connectivity index is 0.00000245. The molecular formula is C23H27F2N5O. The second-order valence-electron chi connectivity index (χ2n) is 8.44. The number of hydrogen-bond acceptors (Lipinski definition) is 5. The molecule has 6 nitrogen and oxygen atoms in total. The minimum absolute atomic E-state index is 0. The van der Waals surface area contributed by atoms with Crippen LogP contribution in [0.2, 0.25) is 0 Å². The molecule has 0 unspecified atom stereocenters. The number of aromatic nitrogens is 3. The second kappa shape index (κ2) is 8.26. The van der Waals surface area contributed by atoms with Crippen LogP contribution in [0, 0.1) is 30.4 Å². The Hall–Kier alpha value is -3.00. The molecule has 3 aromatic rings. The molecule has 3 heterocycles. The van der Waals surface area contributed by atoms with Gasteiger partial charge in [-0.05, 0) is 61.6 Å². The molecule has 2 aliphatic heterocycles. The Kier molecular flexibility index (Phi) is 5.31. The molecular weight excluding hydrogens is 400 g/mol. The Labute approximate surface area is 181 Å². The number of anilines is 3. The van der Waals surface area contributed by atoms with Crippen molar-refractivity contribution in [3.05, 3.63) is 59.9 Å². The number of aryl methyl sites for hydroxylation is 1. The molecule has 2 aliphatic rings. The summed E-state index contributed by atoms with van der Waals surface area (Å²) in [7, 11) is 0. The second-order valence-corrected chi connectivity index (χ2v) is 8.44. The fourth-order valence-electron chi connectivity index (χ4n) is 4.42. The third-order valence-corrected chi connectivity index (χ3v) is 6.16. The summed E-state index contributed by atoms with van der Waals surface area (Å²) >= 11 is 0. The summed E-state index contributed by atoms with van der Waals surface area (Å²) in [5, 5.41) is 7.53. The van der Waals surface area contributed by atoms with Gasteiger partial charge in [-0.2, -0.15) is 4.98 Å². The molecule has 0 amide bonds. The monoisotopic (exact) mass is 427 g/mol. The van der Waals surface area contributed by atoms with Crippen LogP contribution in [-0.2, 0) is 4.74 Å². The average Bonchev–Trinajstić information content (AvgIpc) is 3.14.